The zero-order valence-corrected chi connectivity index (χ0v) is 19.4. The molecule has 0 bridgehead atoms. The number of hydrogen-bond acceptors (Lipinski definition) is 5. The highest BCUT2D eigenvalue weighted by molar-refractivity contribution is 6.74. The van der Waals surface area contributed by atoms with Crippen molar-refractivity contribution in [3.05, 3.63) is 42.5 Å². The van der Waals surface area contributed by atoms with Crippen molar-refractivity contribution in [2.24, 2.45) is 5.92 Å². The van der Waals surface area contributed by atoms with Gasteiger partial charge in [0.25, 0.3) is 0 Å². The van der Waals surface area contributed by atoms with E-state index in [1.165, 1.54) is 0 Å². The lowest BCUT2D eigenvalue weighted by Gasteiger charge is -2.37. The van der Waals surface area contributed by atoms with Crippen molar-refractivity contribution in [3.63, 3.8) is 0 Å². The third-order valence-electron chi connectivity index (χ3n) is 5.34. The predicted octanol–water partition coefficient (Wildman–Crippen LogP) is 4.76. The summed E-state index contributed by atoms with van der Waals surface area (Å²) >= 11 is 0. The summed E-state index contributed by atoms with van der Waals surface area (Å²) in [6.45, 7) is 16.3. The van der Waals surface area contributed by atoms with Gasteiger partial charge in [-0.15, -0.1) is 6.58 Å². The maximum atomic E-state index is 10.4. The van der Waals surface area contributed by atoms with Crippen LogP contribution in [-0.4, -0.2) is 46.6 Å². The second-order valence-corrected chi connectivity index (χ2v) is 13.4. The lowest BCUT2D eigenvalue weighted by molar-refractivity contribution is -0.0889. The second kappa shape index (κ2) is 11.7. The fourth-order valence-corrected chi connectivity index (χ4v) is 3.37. The molecule has 1 rings (SSSR count). The average Bonchev–Trinajstić information content (AvgIpc) is 2.63. The summed E-state index contributed by atoms with van der Waals surface area (Å²) in [5.41, 5.74) is 1.05. The van der Waals surface area contributed by atoms with Gasteiger partial charge in [0.1, 0.15) is 12.5 Å². The maximum absolute atomic E-state index is 10.4. The van der Waals surface area contributed by atoms with E-state index in [1.54, 1.807) is 13.2 Å². The molecule has 0 amide bonds. The van der Waals surface area contributed by atoms with Gasteiger partial charge in [0.05, 0.1) is 26.4 Å². The van der Waals surface area contributed by atoms with Crippen molar-refractivity contribution in [1.82, 2.24) is 0 Å². The first kappa shape index (κ1) is 24.9. The lowest BCUT2D eigenvalue weighted by atomic mass is 10.0. The van der Waals surface area contributed by atoms with E-state index >= 15 is 0 Å². The van der Waals surface area contributed by atoms with Crippen LogP contribution in [-0.2, 0) is 20.5 Å². The number of hydrogen-bond donors (Lipinski definition) is 1. The first-order valence-corrected chi connectivity index (χ1v) is 12.7. The molecular weight excluding hydrogens is 372 g/mol. The fraction of sp³-hybridized carbons (Fsp3) is 0.636. The van der Waals surface area contributed by atoms with Gasteiger partial charge in [-0.2, -0.15) is 0 Å². The molecule has 0 spiro atoms. The molecule has 160 valence electrons. The number of methoxy groups -OCH3 is 1. The van der Waals surface area contributed by atoms with E-state index in [2.05, 4.69) is 40.4 Å². The van der Waals surface area contributed by atoms with Gasteiger partial charge in [-0.1, -0.05) is 39.0 Å². The van der Waals surface area contributed by atoms with Gasteiger partial charge in [-0.05, 0) is 42.2 Å². The number of ether oxygens (including phenoxy) is 3. The minimum atomic E-state index is -1.88. The average molecular weight is 411 g/mol. The summed E-state index contributed by atoms with van der Waals surface area (Å²) in [6.07, 6.45) is 1.70. The number of benzene rings is 1. The molecular formula is C22H38O5Si. The Morgan fingerprint density at radius 2 is 1.75 bits per heavy atom. The van der Waals surface area contributed by atoms with E-state index in [0.29, 0.717) is 26.2 Å². The fourth-order valence-electron chi connectivity index (χ4n) is 2.31. The Morgan fingerprint density at radius 1 is 1.11 bits per heavy atom. The van der Waals surface area contributed by atoms with Crippen molar-refractivity contribution in [2.45, 2.75) is 58.0 Å². The van der Waals surface area contributed by atoms with E-state index < -0.39 is 14.4 Å². The Kier molecular flexibility index (Phi) is 10.4. The number of aliphatic hydroxyl groups excluding tert-OH is 1. The van der Waals surface area contributed by atoms with Crippen molar-refractivity contribution >= 4 is 8.32 Å². The summed E-state index contributed by atoms with van der Waals surface area (Å²) < 4.78 is 22.7. The molecule has 0 radical (unpaired) electrons. The normalized spacial score (nSPS) is 14.5. The molecule has 0 aliphatic heterocycles. The quantitative estimate of drug-likeness (QED) is 0.220. The SMILES string of the molecule is C=CC[C@@H](O)[C@@H](COCOCc1ccc(OC)cc1)CO[Si](C)(C)C(C)(C)C. The largest absolute Gasteiger partial charge is 0.497 e. The van der Waals surface area contributed by atoms with E-state index in [-0.39, 0.29) is 17.7 Å². The molecule has 0 aromatic heterocycles. The third-order valence-corrected chi connectivity index (χ3v) is 9.84. The molecule has 0 heterocycles. The predicted molar refractivity (Wildman–Crippen MR) is 116 cm³/mol. The molecule has 0 fully saturated rings. The third kappa shape index (κ3) is 8.45. The highest BCUT2D eigenvalue weighted by atomic mass is 28.4. The Balaban J connectivity index is 2.45. The standard InChI is InChI=1S/C22H38O5Si/c1-8-9-21(23)19(16-27-28(6,7)22(2,3)4)15-26-17-25-14-18-10-12-20(24-5)13-11-18/h8,10-13,19,21,23H,1,9,14-17H2,2-7H3/t19-,21+/m0/s1. The van der Waals surface area contributed by atoms with Crippen LogP contribution in [0.1, 0.15) is 32.8 Å². The molecule has 1 aromatic carbocycles. The van der Waals surface area contributed by atoms with Crippen LogP contribution in [0, 0.1) is 5.92 Å². The molecule has 0 unspecified atom stereocenters. The van der Waals surface area contributed by atoms with Crippen LogP contribution in [0.2, 0.25) is 18.1 Å². The summed E-state index contributed by atoms with van der Waals surface area (Å²) in [6, 6.07) is 7.73. The first-order valence-electron chi connectivity index (χ1n) is 9.82. The molecule has 1 N–H and O–H groups in total. The zero-order valence-electron chi connectivity index (χ0n) is 18.4. The highest BCUT2D eigenvalue weighted by Crippen LogP contribution is 2.37. The molecule has 5 nitrogen and oxygen atoms in total. The van der Waals surface area contributed by atoms with E-state index in [1.807, 2.05) is 24.3 Å². The van der Waals surface area contributed by atoms with Gasteiger partial charge in [0, 0.05) is 12.5 Å². The maximum Gasteiger partial charge on any atom is 0.191 e. The van der Waals surface area contributed by atoms with E-state index in [0.717, 1.165) is 11.3 Å². The lowest BCUT2D eigenvalue weighted by Crippen LogP contribution is -2.43. The van der Waals surface area contributed by atoms with Crippen molar-refractivity contribution < 1.29 is 23.7 Å². The number of rotatable bonds is 13. The number of aliphatic hydroxyl groups is 1. The molecule has 0 saturated carbocycles. The Hall–Kier alpha value is -1.18. The van der Waals surface area contributed by atoms with E-state index in [9.17, 15) is 5.11 Å². The summed E-state index contributed by atoms with van der Waals surface area (Å²) in [5.74, 6) is 0.706. The van der Waals surface area contributed by atoms with Crippen LogP contribution in [0.5, 0.6) is 5.75 Å². The van der Waals surface area contributed by atoms with Crippen LogP contribution >= 0.6 is 0 Å². The van der Waals surface area contributed by atoms with Crippen LogP contribution in [0.15, 0.2) is 36.9 Å². The summed E-state index contributed by atoms with van der Waals surface area (Å²) in [5, 5.41) is 10.6. The topological polar surface area (TPSA) is 57.2 Å². The van der Waals surface area contributed by atoms with Crippen LogP contribution in [0.3, 0.4) is 0 Å². The van der Waals surface area contributed by atoms with Crippen molar-refractivity contribution in [2.75, 3.05) is 27.1 Å². The molecule has 1 aromatic rings. The van der Waals surface area contributed by atoms with Crippen molar-refractivity contribution in [3.8, 4) is 5.75 Å². The Bertz CT molecular complexity index is 565. The summed E-state index contributed by atoms with van der Waals surface area (Å²) in [7, 11) is -0.233. The summed E-state index contributed by atoms with van der Waals surface area (Å²) in [4.78, 5) is 0. The molecule has 6 heteroatoms. The second-order valence-electron chi connectivity index (χ2n) is 8.61. The Labute approximate surface area is 171 Å². The monoisotopic (exact) mass is 410 g/mol. The van der Waals surface area contributed by atoms with Crippen LogP contribution in [0.4, 0.5) is 0 Å². The van der Waals surface area contributed by atoms with Crippen LogP contribution in [0.25, 0.3) is 0 Å². The molecule has 28 heavy (non-hydrogen) atoms. The van der Waals surface area contributed by atoms with Gasteiger partial charge in [-0.25, -0.2) is 0 Å². The minimum absolute atomic E-state index is 0.114. The van der Waals surface area contributed by atoms with Gasteiger partial charge < -0.3 is 23.7 Å². The van der Waals surface area contributed by atoms with Crippen molar-refractivity contribution in [1.29, 1.82) is 0 Å². The van der Waals surface area contributed by atoms with E-state index in [4.69, 9.17) is 18.6 Å². The minimum Gasteiger partial charge on any atom is -0.497 e. The molecule has 0 saturated heterocycles. The van der Waals surface area contributed by atoms with Gasteiger partial charge in [0.15, 0.2) is 8.32 Å². The molecule has 2 atom stereocenters. The zero-order chi connectivity index (χ0) is 21.2. The van der Waals surface area contributed by atoms with Gasteiger partial charge >= 0.3 is 0 Å². The van der Waals surface area contributed by atoms with Crippen LogP contribution < -0.4 is 4.74 Å². The van der Waals surface area contributed by atoms with Gasteiger partial charge in [-0.3, -0.25) is 0 Å². The Morgan fingerprint density at radius 3 is 2.29 bits per heavy atom. The molecule has 0 aliphatic rings. The first-order chi connectivity index (χ1) is 13.1. The molecule has 0 aliphatic carbocycles. The van der Waals surface area contributed by atoms with Gasteiger partial charge in [0.2, 0.25) is 0 Å². The smallest absolute Gasteiger partial charge is 0.191 e. The highest BCUT2D eigenvalue weighted by Gasteiger charge is 2.38.